The Hall–Kier alpha value is 0. The van der Waals surface area contributed by atoms with E-state index in [1.807, 2.05) is 0 Å². The minimum atomic E-state index is 0.658. The van der Waals surface area contributed by atoms with Gasteiger partial charge in [-0.25, -0.2) is 0 Å². The summed E-state index contributed by atoms with van der Waals surface area (Å²) < 4.78 is 0. The van der Waals surface area contributed by atoms with E-state index in [4.69, 9.17) is 0 Å². The molecule has 0 radical (unpaired) electrons. The van der Waals surface area contributed by atoms with Gasteiger partial charge >= 0.3 is 0 Å². The van der Waals surface area contributed by atoms with Gasteiger partial charge in [-0.1, -0.05) is 27.2 Å². The SMILES string of the molecule is CC1(C)CCCC2(C)CCC12. The van der Waals surface area contributed by atoms with Crippen LogP contribution in [0.2, 0.25) is 0 Å². The van der Waals surface area contributed by atoms with Crippen molar-refractivity contribution in [3.8, 4) is 0 Å². The first-order chi connectivity index (χ1) is 5.05. The molecule has 2 unspecified atom stereocenters. The topological polar surface area (TPSA) is 0 Å². The summed E-state index contributed by atoms with van der Waals surface area (Å²) in [5.74, 6) is 1.05. The monoisotopic (exact) mass is 152 g/mol. The lowest BCUT2D eigenvalue weighted by atomic mass is 9.47. The van der Waals surface area contributed by atoms with Crippen molar-refractivity contribution in [1.29, 1.82) is 0 Å². The Balaban J connectivity index is 2.18. The molecule has 0 amide bonds. The van der Waals surface area contributed by atoms with Crippen LogP contribution in [0.5, 0.6) is 0 Å². The molecule has 0 aromatic rings. The standard InChI is InChI=1S/C11H20/c1-10(2)6-4-7-11(3)8-5-9(10)11/h9H,4-8H2,1-3H3. The zero-order valence-corrected chi connectivity index (χ0v) is 8.11. The van der Waals surface area contributed by atoms with Crippen LogP contribution in [-0.2, 0) is 0 Å². The van der Waals surface area contributed by atoms with Gasteiger partial charge in [0.2, 0.25) is 0 Å². The van der Waals surface area contributed by atoms with E-state index in [1.54, 1.807) is 0 Å². The molecular formula is C11H20. The summed E-state index contributed by atoms with van der Waals surface area (Å²) in [6, 6.07) is 0. The largest absolute Gasteiger partial charge is 0.0596 e. The minimum Gasteiger partial charge on any atom is -0.0596 e. The van der Waals surface area contributed by atoms with Gasteiger partial charge in [-0.05, 0) is 42.4 Å². The van der Waals surface area contributed by atoms with Gasteiger partial charge in [-0.15, -0.1) is 0 Å². The average molecular weight is 152 g/mol. The number of fused-ring (bicyclic) bond motifs is 1. The van der Waals surface area contributed by atoms with Gasteiger partial charge in [-0.2, -0.15) is 0 Å². The third kappa shape index (κ3) is 0.947. The van der Waals surface area contributed by atoms with E-state index in [0.29, 0.717) is 5.41 Å². The third-order valence-corrected chi connectivity index (χ3v) is 4.36. The van der Waals surface area contributed by atoms with Crippen LogP contribution in [0.1, 0.15) is 52.9 Å². The first kappa shape index (κ1) is 7.64. The summed E-state index contributed by atoms with van der Waals surface area (Å²) in [6.07, 6.45) is 7.44. The van der Waals surface area contributed by atoms with Crippen molar-refractivity contribution in [2.24, 2.45) is 16.7 Å². The van der Waals surface area contributed by atoms with Crippen molar-refractivity contribution < 1.29 is 0 Å². The van der Waals surface area contributed by atoms with Crippen molar-refractivity contribution in [3.63, 3.8) is 0 Å². The number of hydrogen-bond donors (Lipinski definition) is 0. The molecule has 0 aliphatic heterocycles. The zero-order valence-electron chi connectivity index (χ0n) is 8.11. The molecule has 0 bridgehead atoms. The van der Waals surface area contributed by atoms with Gasteiger partial charge in [0.1, 0.15) is 0 Å². The molecule has 0 aromatic heterocycles. The summed E-state index contributed by atoms with van der Waals surface area (Å²) in [6.45, 7) is 7.44. The molecule has 0 heterocycles. The third-order valence-electron chi connectivity index (χ3n) is 4.36. The Morgan fingerprint density at radius 1 is 1.00 bits per heavy atom. The van der Waals surface area contributed by atoms with Crippen molar-refractivity contribution in [2.45, 2.75) is 52.9 Å². The Morgan fingerprint density at radius 2 is 1.73 bits per heavy atom. The van der Waals surface area contributed by atoms with Gasteiger partial charge < -0.3 is 0 Å². The average Bonchev–Trinajstić information content (AvgIpc) is 1.81. The zero-order chi connectivity index (χ0) is 8.11. The summed E-state index contributed by atoms with van der Waals surface area (Å²) in [5.41, 5.74) is 1.41. The van der Waals surface area contributed by atoms with Crippen molar-refractivity contribution >= 4 is 0 Å². The predicted octanol–water partition coefficient (Wildman–Crippen LogP) is 3.61. The fourth-order valence-electron chi connectivity index (χ4n) is 3.54. The van der Waals surface area contributed by atoms with E-state index >= 15 is 0 Å². The Labute approximate surface area is 70.4 Å². The molecule has 2 saturated carbocycles. The fraction of sp³-hybridized carbons (Fsp3) is 1.00. The van der Waals surface area contributed by atoms with Gasteiger partial charge in [0.25, 0.3) is 0 Å². The number of rotatable bonds is 0. The summed E-state index contributed by atoms with van der Waals surface area (Å²) in [5, 5.41) is 0. The van der Waals surface area contributed by atoms with E-state index in [9.17, 15) is 0 Å². The Bertz CT molecular complexity index is 157. The molecule has 0 saturated heterocycles. The molecule has 2 rings (SSSR count). The normalized spacial score (nSPS) is 47.7. The highest BCUT2D eigenvalue weighted by atomic mass is 14.6. The summed E-state index contributed by atoms with van der Waals surface area (Å²) >= 11 is 0. The highest BCUT2D eigenvalue weighted by Gasteiger charge is 2.51. The van der Waals surface area contributed by atoms with Gasteiger partial charge in [0.05, 0.1) is 0 Å². The molecule has 0 spiro atoms. The van der Waals surface area contributed by atoms with Crippen LogP contribution in [0.25, 0.3) is 0 Å². The maximum absolute atomic E-state index is 2.50. The predicted molar refractivity (Wildman–Crippen MR) is 48.5 cm³/mol. The molecule has 2 atom stereocenters. The quantitative estimate of drug-likeness (QED) is 0.497. The lowest BCUT2D eigenvalue weighted by Gasteiger charge is -2.58. The van der Waals surface area contributed by atoms with Crippen molar-refractivity contribution in [3.05, 3.63) is 0 Å². The highest BCUT2D eigenvalue weighted by molar-refractivity contribution is 5.02. The van der Waals surface area contributed by atoms with E-state index in [2.05, 4.69) is 20.8 Å². The van der Waals surface area contributed by atoms with Crippen LogP contribution in [0, 0.1) is 16.7 Å². The minimum absolute atomic E-state index is 0.658. The van der Waals surface area contributed by atoms with Crippen LogP contribution >= 0.6 is 0 Å². The van der Waals surface area contributed by atoms with Crippen molar-refractivity contribution in [2.75, 3.05) is 0 Å². The molecule has 0 N–H and O–H groups in total. The molecule has 0 aromatic carbocycles. The first-order valence-corrected chi connectivity index (χ1v) is 5.05. The van der Waals surface area contributed by atoms with E-state index < -0.39 is 0 Å². The van der Waals surface area contributed by atoms with Crippen LogP contribution in [0.3, 0.4) is 0 Å². The van der Waals surface area contributed by atoms with E-state index in [1.165, 1.54) is 32.1 Å². The fourth-order valence-corrected chi connectivity index (χ4v) is 3.54. The lowest BCUT2D eigenvalue weighted by molar-refractivity contribution is -0.0827. The maximum Gasteiger partial charge on any atom is -0.0292 e. The molecule has 11 heavy (non-hydrogen) atoms. The maximum atomic E-state index is 2.50. The van der Waals surface area contributed by atoms with Crippen LogP contribution in [-0.4, -0.2) is 0 Å². The smallest absolute Gasteiger partial charge is 0.0292 e. The highest BCUT2D eigenvalue weighted by Crippen LogP contribution is 2.61. The van der Waals surface area contributed by atoms with Gasteiger partial charge in [-0.3, -0.25) is 0 Å². The van der Waals surface area contributed by atoms with Crippen LogP contribution in [0.15, 0.2) is 0 Å². The molecule has 0 heteroatoms. The van der Waals surface area contributed by atoms with E-state index in [0.717, 1.165) is 11.3 Å². The molecule has 0 nitrogen and oxygen atoms in total. The van der Waals surface area contributed by atoms with Crippen molar-refractivity contribution in [1.82, 2.24) is 0 Å². The molecule has 2 aliphatic rings. The van der Waals surface area contributed by atoms with Crippen LogP contribution < -0.4 is 0 Å². The summed E-state index contributed by atoms with van der Waals surface area (Å²) in [4.78, 5) is 0. The molecule has 2 aliphatic carbocycles. The lowest BCUT2D eigenvalue weighted by Crippen LogP contribution is -2.49. The molecule has 64 valence electrons. The second kappa shape index (κ2) is 2.02. The van der Waals surface area contributed by atoms with Gasteiger partial charge in [0.15, 0.2) is 0 Å². The Morgan fingerprint density at radius 3 is 2.09 bits per heavy atom. The number of hydrogen-bond acceptors (Lipinski definition) is 0. The second-order valence-electron chi connectivity index (χ2n) is 5.59. The Kier molecular flexibility index (Phi) is 1.41. The second-order valence-corrected chi connectivity index (χ2v) is 5.59. The molecule has 2 fully saturated rings. The first-order valence-electron chi connectivity index (χ1n) is 5.05. The van der Waals surface area contributed by atoms with Crippen LogP contribution in [0.4, 0.5) is 0 Å². The van der Waals surface area contributed by atoms with Gasteiger partial charge in [0, 0.05) is 0 Å². The molecular weight excluding hydrogens is 132 g/mol. The van der Waals surface area contributed by atoms with E-state index in [-0.39, 0.29) is 0 Å². The summed E-state index contributed by atoms with van der Waals surface area (Å²) in [7, 11) is 0.